The number of esters is 1. The summed E-state index contributed by atoms with van der Waals surface area (Å²) in [7, 11) is 1.54. The zero-order valence-corrected chi connectivity index (χ0v) is 16.6. The predicted octanol–water partition coefficient (Wildman–Crippen LogP) is 3.62. The van der Waals surface area contributed by atoms with Crippen molar-refractivity contribution in [2.45, 2.75) is 13.8 Å². The van der Waals surface area contributed by atoms with Gasteiger partial charge in [0.05, 0.1) is 17.9 Å². The van der Waals surface area contributed by atoms with E-state index in [4.69, 9.17) is 4.74 Å². The minimum atomic E-state index is -0.480. The molecule has 0 spiro atoms. The number of benzene rings is 2. The van der Waals surface area contributed by atoms with Crippen molar-refractivity contribution in [3.8, 4) is 16.9 Å². The number of carbonyl (C=O) groups excluding carboxylic acids is 2. The fourth-order valence-corrected chi connectivity index (χ4v) is 2.94. The average molecular weight is 395 g/mol. The summed E-state index contributed by atoms with van der Waals surface area (Å²) in [6.07, 6.45) is 1.59. The molecule has 0 saturated carbocycles. The molecule has 0 aliphatic rings. The third-order valence-electron chi connectivity index (χ3n) is 4.35. The molecule has 3 rings (SSSR count). The maximum atomic E-state index is 13.3. The first kappa shape index (κ1) is 20.3. The van der Waals surface area contributed by atoms with Crippen LogP contribution in [0.3, 0.4) is 0 Å². The lowest BCUT2D eigenvalue weighted by Gasteiger charge is -2.16. The maximum Gasteiger partial charge on any atom is 0.325 e. The smallest absolute Gasteiger partial charge is 0.325 e. The Bertz CT molecular complexity index is 1030. The SMILES string of the molecule is CCOC(=O)CN(C)C(=O)c1cn(-c2ccc(F)cc2)nc1-c1cccc(C)c1. The molecule has 0 fully saturated rings. The summed E-state index contributed by atoms with van der Waals surface area (Å²) >= 11 is 0. The van der Waals surface area contributed by atoms with Gasteiger partial charge in [0.25, 0.3) is 5.91 Å². The summed E-state index contributed by atoms with van der Waals surface area (Å²) < 4.78 is 19.7. The number of likely N-dealkylation sites (N-methyl/N-ethyl adjacent to an activating group) is 1. The Kier molecular flexibility index (Phi) is 6.07. The Balaban J connectivity index is 2.02. The number of rotatable bonds is 6. The molecule has 0 aliphatic carbocycles. The number of aromatic nitrogens is 2. The molecule has 0 aliphatic heterocycles. The van der Waals surface area contributed by atoms with E-state index < -0.39 is 5.97 Å². The number of hydrogen-bond donors (Lipinski definition) is 0. The van der Waals surface area contributed by atoms with Gasteiger partial charge in [0, 0.05) is 18.8 Å². The van der Waals surface area contributed by atoms with Gasteiger partial charge < -0.3 is 9.64 Å². The summed E-state index contributed by atoms with van der Waals surface area (Å²) in [5.41, 5.74) is 3.24. The van der Waals surface area contributed by atoms with Crippen molar-refractivity contribution in [3.63, 3.8) is 0 Å². The molecule has 0 unspecified atom stereocenters. The molecule has 0 radical (unpaired) electrons. The van der Waals surface area contributed by atoms with E-state index in [-0.39, 0.29) is 24.9 Å². The third-order valence-corrected chi connectivity index (χ3v) is 4.35. The van der Waals surface area contributed by atoms with Crippen molar-refractivity contribution in [2.75, 3.05) is 20.2 Å². The molecule has 0 atom stereocenters. The van der Waals surface area contributed by atoms with E-state index in [1.54, 1.807) is 25.3 Å². The highest BCUT2D eigenvalue weighted by Crippen LogP contribution is 2.25. The van der Waals surface area contributed by atoms with Gasteiger partial charge >= 0.3 is 5.97 Å². The van der Waals surface area contributed by atoms with E-state index >= 15 is 0 Å². The van der Waals surface area contributed by atoms with Crippen molar-refractivity contribution >= 4 is 11.9 Å². The van der Waals surface area contributed by atoms with Gasteiger partial charge in [0.2, 0.25) is 0 Å². The first-order valence-corrected chi connectivity index (χ1v) is 9.22. The fourth-order valence-electron chi connectivity index (χ4n) is 2.94. The summed E-state index contributed by atoms with van der Waals surface area (Å²) in [6, 6.07) is 13.5. The van der Waals surface area contributed by atoms with E-state index in [9.17, 15) is 14.0 Å². The highest BCUT2D eigenvalue weighted by Gasteiger charge is 2.23. The van der Waals surface area contributed by atoms with Crippen LogP contribution in [0, 0.1) is 12.7 Å². The first-order chi connectivity index (χ1) is 13.9. The Hall–Kier alpha value is -3.48. The summed E-state index contributed by atoms with van der Waals surface area (Å²) in [6.45, 7) is 3.75. The number of ether oxygens (including phenoxy) is 1. The van der Waals surface area contributed by atoms with Crippen LogP contribution >= 0.6 is 0 Å². The molecule has 29 heavy (non-hydrogen) atoms. The van der Waals surface area contributed by atoms with Crippen molar-refractivity contribution in [2.24, 2.45) is 0 Å². The molecule has 2 aromatic carbocycles. The lowest BCUT2D eigenvalue weighted by Crippen LogP contribution is -2.33. The molecule has 1 aromatic heterocycles. The maximum absolute atomic E-state index is 13.3. The third kappa shape index (κ3) is 4.68. The van der Waals surface area contributed by atoms with Crippen molar-refractivity contribution < 1.29 is 18.7 Å². The van der Waals surface area contributed by atoms with Crippen molar-refractivity contribution in [3.05, 3.63) is 71.7 Å². The highest BCUT2D eigenvalue weighted by molar-refractivity contribution is 6.01. The Labute approximate surface area is 168 Å². The number of nitrogens with zero attached hydrogens (tertiary/aromatic N) is 3. The lowest BCUT2D eigenvalue weighted by molar-refractivity contribution is -0.143. The van der Waals surface area contributed by atoms with Crippen molar-refractivity contribution in [1.82, 2.24) is 14.7 Å². The van der Waals surface area contributed by atoms with E-state index in [0.29, 0.717) is 16.9 Å². The van der Waals surface area contributed by atoms with Crippen LogP contribution in [-0.2, 0) is 9.53 Å². The quantitative estimate of drug-likeness (QED) is 0.598. The van der Waals surface area contributed by atoms with Gasteiger partial charge in [0.1, 0.15) is 18.1 Å². The van der Waals surface area contributed by atoms with Crippen LogP contribution in [0.5, 0.6) is 0 Å². The van der Waals surface area contributed by atoms with Crippen LogP contribution < -0.4 is 0 Å². The lowest BCUT2D eigenvalue weighted by atomic mass is 10.1. The predicted molar refractivity (Wildman–Crippen MR) is 107 cm³/mol. The zero-order valence-electron chi connectivity index (χ0n) is 16.6. The molecular formula is C22H22FN3O3. The van der Waals surface area contributed by atoms with E-state index in [1.807, 2.05) is 31.2 Å². The second kappa shape index (κ2) is 8.68. The second-order valence-electron chi connectivity index (χ2n) is 6.65. The molecule has 6 nitrogen and oxygen atoms in total. The molecular weight excluding hydrogens is 373 g/mol. The van der Waals surface area contributed by atoms with Gasteiger partial charge in [-0.3, -0.25) is 9.59 Å². The van der Waals surface area contributed by atoms with Crippen LogP contribution in [0.15, 0.2) is 54.7 Å². The van der Waals surface area contributed by atoms with E-state index in [1.165, 1.54) is 28.8 Å². The van der Waals surface area contributed by atoms with Crippen LogP contribution in [0.4, 0.5) is 4.39 Å². The Morgan fingerprint density at radius 1 is 1.17 bits per heavy atom. The normalized spacial score (nSPS) is 10.6. The van der Waals surface area contributed by atoms with Gasteiger partial charge in [-0.1, -0.05) is 23.8 Å². The second-order valence-corrected chi connectivity index (χ2v) is 6.65. The van der Waals surface area contributed by atoms with Crippen molar-refractivity contribution in [1.29, 1.82) is 0 Å². The minimum Gasteiger partial charge on any atom is -0.465 e. The molecule has 3 aromatic rings. The Morgan fingerprint density at radius 3 is 2.55 bits per heavy atom. The first-order valence-electron chi connectivity index (χ1n) is 9.22. The number of hydrogen-bond acceptors (Lipinski definition) is 4. The zero-order chi connectivity index (χ0) is 21.0. The Morgan fingerprint density at radius 2 is 1.90 bits per heavy atom. The molecule has 0 bridgehead atoms. The number of carbonyl (C=O) groups is 2. The van der Waals surface area contributed by atoms with Gasteiger partial charge in [-0.05, 0) is 44.2 Å². The average Bonchev–Trinajstić information content (AvgIpc) is 3.13. The molecule has 150 valence electrons. The fraction of sp³-hybridized carbons (Fsp3) is 0.227. The topological polar surface area (TPSA) is 64.4 Å². The van der Waals surface area contributed by atoms with Gasteiger partial charge in [-0.2, -0.15) is 5.10 Å². The van der Waals surface area contributed by atoms with E-state index in [2.05, 4.69) is 5.10 Å². The molecule has 7 heteroatoms. The summed E-state index contributed by atoms with van der Waals surface area (Å²) in [5.74, 6) is -1.19. The molecule has 1 amide bonds. The number of amides is 1. The van der Waals surface area contributed by atoms with Gasteiger partial charge in [-0.25, -0.2) is 9.07 Å². The van der Waals surface area contributed by atoms with Gasteiger partial charge in [-0.15, -0.1) is 0 Å². The highest BCUT2D eigenvalue weighted by atomic mass is 19.1. The number of halogens is 1. The largest absolute Gasteiger partial charge is 0.465 e. The van der Waals surface area contributed by atoms with Gasteiger partial charge in [0.15, 0.2) is 0 Å². The molecule has 1 heterocycles. The molecule has 0 N–H and O–H groups in total. The number of aryl methyl sites for hydroxylation is 1. The van der Waals surface area contributed by atoms with Crippen LogP contribution in [0.1, 0.15) is 22.8 Å². The van der Waals surface area contributed by atoms with Crippen LogP contribution in [-0.4, -0.2) is 46.8 Å². The van der Waals surface area contributed by atoms with Crippen LogP contribution in [0.2, 0.25) is 0 Å². The summed E-state index contributed by atoms with van der Waals surface area (Å²) in [4.78, 5) is 26.1. The monoisotopic (exact) mass is 395 g/mol. The molecule has 0 saturated heterocycles. The van der Waals surface area contributed by atoms with Crippen LogP contribution in [0.25, 0.3) is 16.9 Å². The minimum absolute atomic E-state index is 0.165. The van der Waals surface area contributed by atoms with E-state index in [0.717, 1.165) is 11.1 Å². The standard InChI is InChI=1S/C22H22FN3O3/c1-4-29-20(27)14-25(3)22(28)19-13-26(18-10-8-17(23)9-11-18)24-21(19)16-7-5-6-15(2)12-16/h5-13H,4,14H2,1-3H3. The summed E-state index contributed by atoms with van der Waals surface area (Å²) in [5, 5.41) is 4.57.